The molecule has 0 spiro atoms. The van der Waals surface area contributed by atoms with Crippen molar-refractivity contribution in [2.75, 3.05) is 6.61 Å². The lowest BCUT2D eigenvalue weighted by atomic mass is 9.91. The second-order valence-corrected chi connectivity index (χ2v) is 7.26. The van der Waals surface area contributed by atoms with E-state index in [0.29, 0.717) is 17.0 Å². The summed E-state index contributed by atoms with van der Waals surface area (Å²) in [6.07, 6.45) is 9.45. The van der Waals surface area contributed by atoms with Gasteiger partial charge in [-0.2, -0.15) is 0 Å². The normalized spacial score (nSPS) is 14.9. The van der Waals surface area contributed by atoms with Gasteiger partial charge in [-0.1, -0.05) is 52.5 Å². The van der Waals surface area contributed by atoms with E-state index in [2.05, 4.69) is 20.8 Å². The molecule has 1 unspecified atom stereocenters. The monoisotopic (exact) mass is 342 g/mol. The van der Waals surface area contributed by atoms with Crippen LogP contribution in [0.4, 0.5) is 0 Å². The zero-order chi connectivity index (χ0) is 18.2. The lowest BCUT2D eigenvalue weighted by Gasteiger charge is -2.21. The number of fused-ring (bicyclic) bond motifs is 1. The van der Waals surface area contributed by atoms with Crippen molar-refractivity contribution in [1.29, 1.82) is 0 Å². The van der Waals surface area contributed by atoms with Gasteiger partial charge in [0.2, 0.25) is 0 Å². The fourth-order valence-corrected chi connectivity index (χ4v) is 3.06. The van der Waals surface area contributed by atoms with Gasteiger partial charge in [-0.05, 0) is 48.6 Å². The Morgan fingerprint density at radius 2 is 1.64 bits per heavy atom. The zero-order valence-corrected chi connectivity index (χ0v) is 15.7. The van der Waals surface area contributed by atoms with E-state index in [-0.39, 0.29) is 17.7 Å². The van der Waals surface area contributed by atoms with Gasteiger partial charge in [0.05, 0.1) is 6.10 Å². The van der Waals surface area contributed by atoms with E-state index in [1.54, 1.807) is 6.07 Å². The maximum atomic E-state index is 12.1. The summed E-state index contributed by atoms with van der Waals surface area (Å²) >= 11 is 0. The summed E-state index contributed by atoms with van der Waals surface area (Å²) in [6, 6.07) is 5.58. The predicted octanol–water partition coefficient (Wildman–Crippen LogP) is 5.70. The molecule has 0 aliphatic heterocycles. The molecule has 0 radical (unpaired) electrons. The molecule has 0 amide bonds. The second-order valence-electron chi connectivity index (χ2n) is 7.26. The fraction of sp³-hybridized carbons (Fsp3) is 0.545. The van der Waals surface area contributed by atoms with E-state index in [9.17, 15) is 9.59 Å². The van der Waals surface area contributed by atoms with Crippen LogP contribution in [0.15, 0.2) is 30.4 Å². The molecule has 1 aromatic rings. The first kappa shape index (κ1) is 19.6. The van der Waals surface area contributed by atoms with Crippen LogP contribution < -0.4 is 0 Å². The van der Waals surface area contributed by atoms with E-state index in [1.165, 1.54) is 31.4 Å². The third-order valence-corrected chi connectivity index (χ3v) is 4.67. The molecule has 1 aliphatic rings. The summed E-state index contributed by atoms with van der Waals surface area (Å²) in [5.74, 6) is 0.415. The number of hydrogen-bond acceptors (Lipinski definition) is 3. The number of allylic oxidation sites excluding steroid dienone is 2. The van der Waals surface area contributed by atoms with E-state index in [4.69, 9.17) is 4.74 Å². The lowest BCUT2D eigenvalue weighted by molar-refractivity contribution is 0.0382. The summed E-state index contributed by atoms with van der Waals surface area (Å²) in [4.78, 5) is 24.1. The number of hydrogen-bond donors (Lipinski definition) is 0. The minimum absolute atomic E-state index is 0.00489. The zero-order valence-electron chi connectivity index (χ0n) is 15.7. The highest BCUT2D eigenvalue weighted by atomic mass is 16.5. The second kappa shape index (κ2) is 9.67. The molecule has 25 heavy (non-hydrogen) atoms. The number of carbonyl (C=O) groups is 2. The summed E-state index contributed by atoms with van der Waals surface area (Å²) in [7, 11) is 0. The number of rotatable bonds is 10. The van der Waals surface area contributed by atoms with E-state index >= 15 is 0 Å². The largest absolute Gasteiger partial charge is 0.374 e. The highest BCUT2D eigenvalue weighted by Gasteiger charge is 2.21. The van der Waals surface area contributed by atoms with Gasteiger partial charge in [-0.25, -0.2) is 0 Å². The van der Waals surface area contributed by atoms with Gasteiger partial charge < -0.3 is 4.74 Å². The van der Waals surface area contributed by atoms with Crippen molar-refractivity contribution in [3.8, 4) is 0 Å². The van der Waals surface area contributed by atoms with Crippen LogP contribution in [0, 0.1) is 5.92 Å². The molecule has 0 bridgehead atoms. The van der Waals surface area contributed by atoms with Crippen molar-refractivity contribution in [3.63, 3.8) is 0 Å². The van der Waals surface area contributed by atoms with E-state index < -0.39 is 0 Å². The molecule has 0 saturated heterocycles. The van der Waals surface area contributed by atoms with Gasteiger partial charge in [0.1, 0.15) is 0 Å². The van der Waals surface area contributed by atoms with Gasteiger partial charge in [0.15, 0.2) is 11.6 Å². The average Bonchev–Trinajstić information content (AvgIpc) is 2.60. The van der Waals surface area contributed by atoms with Crippen LogP contribution in [0.2, 0.25) is 0 Å². The van der Waals surface area contributed by atoms with Crippen molar-refractivity contribution in [2.24, 2.45) is 5.92 Å². The van der Waals surface area contributed by atoms with E-state index in [0.717, 1.165) is 31.4 Å². The maximum Gasteiger partial charge on any atom is 0.186 e. The number of carbonyl (C=O) groups excluding carboxylic acids is 2. The van der Waals surface area contributed by atoms with Gasteiger partial charge in [-0.3, -0.25) is 9.59 Å². The molecule has 0 heterocycles. The van der Waals surface area contributed by atoms with Crippen molar-refractivity contribution in [1.82, 2.24) is 0 Å². The number of unbranched alkanes of at least 4 members (excludes halogenated alkanes) is 3. The Morgan fingerprint density at radius 1 is 0.920 bits per heavy atom. The average molecular weight is 342 g/mol. The van der Waals surface area contributed by atoms with Crippen molar-refractivity contribution in [2.45, 2.75) is 65.4 Å². The molecular formula is C22H30O3. The molecule has 0 aromatic heterocycles. The van der Waals surface area contributed by atoms with Gasteiger partial charge >= 0.3 is 0 Å². The topological polar surface area (TPSA) is 43.4 Å². The quantitative estimate of drug-likeness (QED) is 0.513. The third-order valence-electron chi connectivity index (χ3n) is 4.67. The minimum atomic E-state index is -0.0960. The summed E-state index contributed by atoms with van der Waals surface area (Å²) in [5.41, 5.74) is 2.02. The minimum Gasteiger partial charge on any atom is -0.374 e. The van der Waals surface area contributed by atoms with Crippen molar-refractivity contribution >= 4 is 11.6 Å². The molecule has 0 fully saturated rings. The molecular weight excluding hydrogens is 312 g/mol. The van der Waals surface area contributed by atoms with Crippen LogP contribution in [0.25, 0.3) is 0 Å². The Bertz CT molecular complexity index is 628. The Kier molecular flexibility index (Phi) is 7.57. The molecule has 3 nitrogen and oxygen atoms in total. The fourth-order valence-electron chi connectivity index (χ4n) is 3.06. The Morgan fingerprint density at radius 3 is 2.32 bits per heavy atom. The third kappa shape index (κ3) is 5.64. The molecule has 1 atom stereocenters. The Labute approximate surface area is 151 Å². The Balaban J connectivity index is 2.13. The predicted molar refractivity (Wildman–Crippen MR) is 101 cm³/mol. The summed E-state index contributed by atoms with van der Waals surface area (Å²) in [5, 5.41) is 0. The molecule has 136 valence electrons. The van der Waals surface area contributed by atoms with Gasteiger partial charge in [0, 0.05) is 17.7 Å². The van der Waals surface area contributed by atoms with E-state index in [1.807, 2.05) is 12.1 Å². The van der Waals surface area contributed by atoms with Crippen molar-refractivity contribution in [3.05, 3.63) is 47.0 Å². The summed E-state index contributed by atoms with van der Waals surface area (Å²) < 4.78 is 6.16. The first-order valence-electron chi connectivity index (χ1n) is 9.55. The molecule has 0 N–H and O–H groups in total. The molecule has 1 aromatic carbocycles. The highest BCUT2D eigenvalue weighted by Crippen LogP contribution is 2.28. The van der Waals surface area contributed by atoms with Crippen molar-refractivity contribution < 1.29 is 14.3 Å². The first-order chi connectivity index (χ1) is 12.0. The van der Waals surface area contributed by atoms with Gasteiger partial charge in [-0.15, -0.1) is 0 Å². The van der Waals surface area contributed by atoms with Crippen LogP contribution in [0.5, 0.6) is 0 Å². The SMILES string of the molecule is CCCCCCC(OCCC(C)C)c1ccc2c(c1)C(=O)C=CC2=O. The van der Waals surface area contributed by atoms with Crippen LogP contribution in [0.1, 0.15) is 91.7 Å². The standard InChI is InChI=1S/C22H30O3/c1-4-5-6-7-8-22(25-14-13-16(2)3)17-9-10-18-19(15-17)21(24)12-11-20(18)23/h9-12,15-16,22H,4-8,13-14H2,1-3H3. The summed E-state index contributed by atoms with van der Waals surface area (Å²) in [6.45, 7) is 7.31. The van der Waals surface area contributed by atoms with Crippen LogP contribution in [-0.4, -0.2) is 18.2 Å². The number of ether oxygens (including phenoxy) is 1. The van der Waals surface area contributed by atoms with Crippen LogP contribution in [-0.2, 0) is 4.74 Å². The smallest absolute Gasteiger partial charge is 0.186 e. The first-order valence-corrected chi connectivity index (χ1v) is 9.55. The maximum absolute atomic E-state index is 12.1. The number of ketones is 2. The van der Waals surface area contributed by atoms with Crippen LogP contribution in [0.3, 0.4) is 0 Å². The molecule has 2 rings (SSSR count). The highest BCUT2D eigenvalue weighted by molar-refractivity contribution is 6.22. The number of benzene rings is 1. The lowest BCUT2D eigenvalue weighted by Crippen LogP contribution is -2.14. The molecule has 0 saturated carbocycles. The Hall–Kier alpha value is -1.74. The van der Waals surface area contributed by atoms with Gasteiger partial charge in [0.25, 0.3) is 0 Å². The molecule has 3 heteroatoms. The van der Waals surface area contributed by atoms with Crippen LogP contribution >= 0.6 is 0 Å². The molecule has 1 aliphatic carbocycles.